The van der Waals surface area contributed by atoms with Gasteiger partial charge in [0.05, 0.1) is 16.2 Å². The second-order valence-corrected chi connectivity index (χ2v) is 8.29. The van der Waals surface area contributed by atoms with Crippen molar-refractivity contribution < 1.29 is 18.3 Å². The number of carbonyl (C=O) groups excluding carboxylic acids is 1. The molecule has 1 amide bonds. The van der Waals surface area contributed by atoms with Crippen molar-refractivity contribution in [1.29, 1.82) is 0 Å². The van der Waals surface area contributed by atoms with E-state index in [1.807, 2.05) is 31.2 Å². The van der Waals surface area contributed by atoms with E-state index in [2.05, 4.69) is 15.2 Å². The summed E-state index contributed by atoms with van der Waals surface area (Å²) in [5, 5.41) is 14.0. The summed E-state index contributed by atoms with van der Waals surface area (Å²) in [6.07, 6.45) is 3.51. The Hall–Kier alpha value is -2.97. The summed E-state index contributed by atoms with van der Waals surface area (Å²) in [4.78, 5) is 12.2. The molecule has 0 radical (unpaired) electrons. The minimum atomic E-state index is -3.86. The standard InChI is InChI=1S/C20H21N3O4S/c1-14-7-8-16(11-14)22-23-20(25)18-12-17(9-10-19(18)24)28(26,27)21-13-15-5-3-2-4-6-15/h2-6,9-12,21,24H,7-8,13H2,1H3,(H,23,25)/b22-16+. The smallest absolute Gasteiger partial charge is 0.275 e. The highest BCUT2D eigenvalue weighted by molar-refractivity contribution is 7.89. The van der Waals surface area contributed by atoms with Crippen LogP contribution in [0.25, 0.3) is 0 Å². The van der Waals surface area contributed by atoms with Crippen molar-refractivity contribution in [1.82, 2.24) is 10.1 Å². The predicted octanol–water partition coefficient (Wildman–Crippen LogP) is 2.70. The van der Waals surface area contributed by atoms with Crippen LogP contribution in [0.4, 0.5) is 0 Å². The van der Waals surface area contributed by atoms with Crippen molar-refractivity contribution >= 4 is 21.6 Å². The van der Waals surface area contributed by atoms with Crippen LogP contribution in [-0.2, 0) is 16.6 Å². The Bertz CT molecular complexity index is 1040. The van der Waals surface area contributed by atoms with Crippen molar-refractivity contribution in [3.8, 4) is 5.75 Å². The maximum Gasteiger partial charge on any atom is 0.275 e. The maximum atomic E-state index is 12.5. The van der Waals surface area contributed by atoms with E-state index in [1.165, 1.54) is 17.7 Å². The molecule has 0 heterocycles. The summed E-state index contributed by atoms with van der Waals surface area (Å²) in [6, 6.07) is 12.6. The highest BCUT2D eigenvalue weighted by Gasteiger charge is 2.19. The molecule has 0 atom stereocenters. The summed E-state index contributed by atoms with van der Waals surface area (Å²) in [7, 11) is -3.86. The molecule has 0 bridgehead atoms. The molecule has 7 nitrogen and oxygen atoms in total. The molecule has 0 spiro atoms. The molecular formula is C20H21N3O4S. The van der Waals surface area contributed by atoms with E-state index in [4.69, 9.17) is 0 Å². The average molecular weight is 399 g/mol. The van der Waals surface area contributed by atoms with Gasteiger partial charge >= 0.3 is 0 Å². The van der Waals surface area contributed by atoms with Gasteiger partial charge in [-0.25, -0.2) is 18.6 Å². The maximum absolute atomic E-state index is 12.5. The molecule has 0 saturated heterocycles. The number of allylic oxidation sites excluding steroid dienone is 2. The summed E-state index contributed by atoms with van der Waals surface area (Å²) >= 11 is 0. The number of carbonyl (C=O) groups is 1. The highest BCUT2D eigenvalue weighted by Crippen LogP contribution is 2.22. The van der Waals surface area contributed by atoms with E-state index < -0.39 is 15.9 Å². The van der Waals surface area contributed by atoms with Crippen molar-refractivity contribution in [2.24, 2.45) is 5.10 Å². The van der Waals surface area contributed by atoms with Gasteiger partial charge in [-0.15, -0.1) is 0 Å². The van der Waals surface area contributed by atoms with Crippen molar-refractivity contribution in [2.75, 3.05) is 0 Å². The fraction of sp³-hybridized carbons (Fsp3) is 0.200. The summed E-state index contributed by atoms with van der Waals surface area (Å²) < 4.78 is 27.6. The summed E-state index contributed by atoms with van der Waals surface area (Å²) in [6.45, 7) is 2.10. The number of sulfonamides is 1. The number of hydrogen-bond donors (Lipinski definition) is 3. The molecule has 2 aromatic carbocycles. The Morgan fingerprint density at radius 1 is 1.14 bits per heavy atom. The number of aromatic hydroxyl groups is 1. The summed E-state index contributed by atoms with van der Waals surface area (Å²) in [5.74, 6) is -0.999. The molecule has 3 rings (SSSR count). The lowest BCUT2D eigenvalue weighted by Crippen LogP contribution is -2.24. The van der Waals surface area contributed by atoms with E-state index in [1.54, 1.807) is 12.1 Å². The van der Waals surface area contributed by atoms with Crippen LogP contribution in [-0.4, -0.2) is 25.1 Å². The molecule has 28 heavy (non-hydrogen) atoms. The zero-order valence-corrected chi connectivity index (χ0v) is 16.2. The first-order valence-electron chi connectivity index (χ1n) is 8.76. The molecule has 0 aliphatic heterocycles. The Morgan fingerprint density at radius 3 is 2.57 bits per heavy atom. The number of amides is 1. The molecule has 1 aliphatic carbocycles. The molecule has 0 aromatic heterocycles. The van der Waals surface area contributed by atoms with Gasteiger partial charge in [0.25, 0.3) is 5.91 Å². The monoisotopic (exact) mass is 399 g/mol. The van der Waals surface area contributed by atoms with Gasteiger partial charge in [-0.05, 0) is 49.6 Å². The van der Waals surface area contributed by atoms with Crippen molar-refractivity contribution in [3.63, 3.8) is 0 Å². The van der Waals surface area contributed by atoms with Gasteiger partial charge in [0.1, 0.15) is 5.75 Å². The first kappa shape index (κ1) is 19.8. The molecule has 1 aliphatic rings. The largest absolute Gasteiger partial charge is 0.507 e. The van der Waals surface area contributed by atoms with Crippen LogP contribution in [0.3, 0.4) is 0 Å². The number of hydrazone groups is 1. The molecule has 0 fully saturated rings. The van der Waals surface area contributed by atoms with Gasteiger partial charge in [0.15, 0.2) is 0 Å². The number of nitrogens with one attached hydrogen (secondary N) is 2. The number of rotatable bonds is 6. The first-order valence-corrected chi connectivity index (χ1v) is 10.2. The zero-order chi connectivity index (χ0) is 20.1. The van der Waals surface area contributed by atoms with Gasteiger partial charge in [-0.1, -0.05) is 35.9 Å². The van der Waals surface area contributed by atoms with E-state index in [9.17, 15) is 18.3 Å². The topological polar surface area (TPSA) is 108 Å². The highest BCUT2D eigenvalue weighted by atomic mass is 32.2. The molecule has 0 unspecified atom stereocenters. The van der Waals surface area contributed by atoms with E-state index in [-0.39, 0.29) is 22.8 Å². The number of phenols is 1. The van der Waals surface area contributed by atoms with Gasteiger partial charge in [0.2, 0.25) is 10.0 Å². The van der Waals surface area contributed by atoms with Crippen LogP contribution < -0.4 is 10.1 Å². The number of benzene rings is 2. The third-order valence-corrected chi connectivity index (χ3v) is 5.72. The van der Waals surface area contributed by atoms with Crippen LogP contribution >= 0.6 is 0 Å². The number of phenolic OH excluding ortho intramolecular Hbond substituents is 1. The van der Waals surface area contributed by atoms with Crippen LogP contribution in [0.2, 0.25) is 0 Å². The molecule has 0 saturated carbocycles. The Balaban J connectivity index is 1.75. The molecule has 146 valence electrons. The quantitative estimate of drug-likeness (QED) is 0.649. The van der Waals surface area contributed by atoms with Crippen LogP contribution in [0.15, 0.2) is 70.2 Å². The predicted molar refractivity (Wildman–Crippen MR) is 106 cm³/mol. The first-order chi connectivity index (χ1) is 13.3. The van der Waals surface area contributed by atoms with Gasteiger partial charge in [-0.3, -0.25) is 4.79 Å². The average Bonchev–Trinajstić information content (AvgIpc) is 3.11. The lowest BCUT2D eigenvalue weighted by molar-refractivity contribution is 0.0952. The van der Waals surface area contributed by atoms with Gasteiger partial charge < -0.3 is 5.11 Å². The van der Waals surface area contributed by atoms with Crippen molar-refractivity contribution in [2.45, 2.75) is 31.2 Å². The molecule has 2 aromatic rings. The normalized spacial score (nSPS) is 15.5. The van der Waals surface area contributed by atoms with Crippen LogP contribution in [0.1, 0.15) is 35.7 Å². The second-order valence-electron chi connectivity index (χ2n) is 6.52. The Labute approximate surface area is 163 Å². The third kappa shape index (κ3) is 4.85. The fourth-order valence-corrected chi connectivity index (χ4v) is 3.79. The van der Waals surface area contributed by atoms with Crippen LogP contribution in [0.5, 0.6) is 5.75 Å². The van der Waals surface area contributed by atoms with Gasteiger partial charge in [0, 0.05) is 6.54 Å². The third-order valence-electron chi connectivity index (χ3n) is 4.32. The van der Waals surface area contributed by atoms with E-state index in [0.717, 1.165) is 30.2 Å². The SMILES string of the molecule is CC1=C/C(=N/NC(=O)c2cc(S(=O)(=O)NCc3ccccc3)ccc2O)CC1. The fourth-order valence-electron chi connectivity index (χ4n) is 2.75. The summed E-state index contributed by atoms with van der Waals surface area (Å²) in [5.41, 5.74) is 4.92. The Kier molecular flexibility index (Phi) is 5.91. The van der Waals surface area contributed by atoms with Gasteiger partial charge in [-0.2, -0.15) is 5.10 Å². The molecule has 8 heteroatoms. The van der Waals surface area contributed by atoms with E-state index >= 15 is 0 Å². The lowest BCUT2D eigenvalue weighted by Gasteiger charge is -2.09. The Morgan fingerprint density at radius 2 is 1.89 bits per heavy atom. The molecule has 3 N–H and O–H groups in total. The molecular weight excluding hydrogens is 378 g/mol. The second kappa shape index (κ2) is 8.37. The lowest BCUT2D eigenvalue weighted by atomic mass is 10.2. The minimum absolute atomic E-state index is 0.115. The van der Waals surface area contributed by atoms with Crippen LogP contribution in [0, 0.1) is 0 Å². The minimum Gasteiger partial charge on any atom is -0.507 e. The van der Waals surface area contributed by atoms with Crippen molar-refractivity contribution in [3.05, 3.63) is 71.3 Å². The zero-order valence-electron chi connectivity index (χ0n) is 15.3. The number of nitrogens with zero attached hydrogens (tertiary/aromatic N) is 1. The van der Waals surface area contributed by atoms with E-state index in [0.29, 0.717) is 0 Å². The number of hydrogen-bond acceptors (Lipinski definition) is 5.